The van der Waals surface area contributed by atoms with Crippen LogP contribution in [0.4, 0.5) is 0 Å². The minimum atomic E-state index is -0.861. The van der Waals surface area contributed by atoms with Gasteiger partial charge in [0.1, 0.15) is 0 Å². The summed E-state index contributed by atoms with van der Waals surface area (Å²) in [5, 5.41) is 23.2. The largest absolute Gasteiger partial charge is 0.394 e. The molecule has 0 rings (SSSR count). The third kappa shape index (κ3) is 57.6. The van der Waals surface area contributed by atoms with E-state index in [1.807, 2.05) is 6.08 Å². The zero-order chi connectivity index (χ0) is 49.9. The van der Waals surface area contributed by atoms with Crippen molar-refractivity contribution in [3.8, 4) is 0 Å². The fourth-order valence-electron chi connectivity index (χ4n) is 10.3. The van der Waals surface area contributed by atoms with Crippen molar-refractivity contribution in [1.82, 2.24) is 5.32 Å². The number of carbonyl (C=O) groups is 1. The Balaban J connectivity index is 3.45. The minimum Gasteiger partial charge on any atom is -0.394 e. The van der Waals surface area contributed by atoms with E-state index in [-0.39, 0.29) is 12.5 Å². The lowest BCUT2D eigenvalue weighted by Gasteiger charge is -2.19. The number of rotatable bonds is 60. The average Bonchev–Trinajstić information content (AvgIpc) is 3.35. The summed E-state index contributed by atoms with van der Waals surface area (Å²) in [6, 6.07) is -0.637. The van der Waals surface area contributed by atoms with Gasteiger partial charge >= 0.3 is 0 Å². The summed E-state index contributed by atoms with van der Waals surface area (Å²) >= 11 is 0. The Morgan fingerprint density at radius 3 is 0.841 bits per heavy atom. The summed E-state index contributed by atoms with van der Waals surface area (Å²) in [5.41, 5.74) is 0. The van der Waals surface area contributed by atoms with Gasteiger partial charge in [0.25, 0.3) is 0 Å². The van der Waals surface area contributed by atoms with Crippen LogP contribution in [0.3, 0.4) is 0 Å². The third-order valence-electron chi connectivity index (χ3n) is 15.2. The molecule has 3 N–H and O–H groups in total. The number of aliphatic hydroxyl groups is 2. The van der Waals surface area contributed by atoms with Crippen LogP contribution in [0.5, 0.6) is 0 Å². The Hall–Kier alpha value is -1.13. The van der Waals surface area contributed by atoms with Crippen molar-refractivity contribution >= 4 is 5.91 Å². The maximum Gasteiger partial charge on any atom is 0.220 e. The van der Waals surface area contributed by atoms with Crippen molar-refractivity contribution in [2.45, 2.75) is 379 Å². The highest BCUT2D eigenvalue weighted by Crippen LogP contribution is 2.19. The number of amides is 1. The van der Waals surface area contributed by atoms with Crippen LogP contribution in [0, 0.1) is 0 Å². The zero-order valence-corrected chi connectivity index (χ0v) is 47.4. The number of allylic oxidation sites excluding steroid dienone is 3. The molecular formula is C65H127NO3. The molecule has 0 spiro atoms. The second kappa shape index (κ2) is 61.2. The molecule has 0 radical (unpaired) electrons. The second-order valence-electron chi connectivity index (χ2n) is 22.2. The van der Waals surface area contributed by atoms with Gasteiger partial charge in [0, 0.05) is 6.42 Å². The predicted molar refractivity (Wildman–Crippen MR) is 309 cm³/mol. The summed E-state index contributed by atoms with van der Waals surface area (Å²) < 4.78 is 0. The summed E-state index contributed by atoms with van der Waals surface area (Å²) in [4.78, 5) is 12.5. The maximum absolute atomic E-state index is 12.5. The molecule has 0 aromatic heterocycles. The molecule has 1 amide bonds. The first-order valence-corrected chi connectivity index (χ1v) is 32.1. The van der Waals surface area contributed by atoms with Gasteiger partial charge in [-0.25, -0.2) is 0 Å². The van der Waals surface area contributed by atoms with Gasteiger partial charge in [-0.1, -0.05) is 353 Å². The van der Waals surface area contributed by atoms with Gasteiger partial charge in [-0.2, -0.15) is 0 Å². The number of carbonyl (C=O) groups excluding carboxylic acids is 1. The lowest BCUT2D eigenvalue weighted by atomic mass is 10.0. The molecule has 0 aliphatic carbocycles. The number of hydrogen-bond donors (Lipinski definition) is 3. The Bertz CT molecular complexity index is 1010. The van der Waals surface area contributed by atoms with Gasteiger partial charge in [0.05, 0.1) is 18.8 Å². The van der Waals surface area contributed by atoms with Crippen molar-refractivity contribution in [2.24, 2.45) is 0 Å². The first-order valence-electron chi connectivity index (χ1n) is 32.1. The Labute approximate surface area is 434 Å². The fourth-order valence-corrected chi connectivity index (χ4v) is 10.3. The van der Waals surface area contributed by atoms with Crippen LogP contribution < -0.4 is 5.32 Å². The smallest absolute Gasteiger partial charge is 0.220 e. The molecule has 0 aliphatic heterocycles. The fraction of sp³-hybridized carbons (Fsp3) is 0.923. The Morgan fingerprint density at radius 1 is 0.333 bits per heavy atom. The van der Waals surface area contributed by atoms with Crippen molar-refractivity contribution in [3.05, 3.63) is 24.3 Å². The quantitative estimate of drug-likeness (QED) is 0.0420. The van der Waals surface area contributed by atoms with Crippen LogP contribution in [-0.4, -0.2) is 34.9 Å². The van der Waals surface area contributed by atoms with Crippen LogP contribution in [0.15, 0.2) is 24.3 Å². The highest BCUT2D eigenvalue weighted by molar-refractivity contribution is 5.76. The predicted octanol–water partition coefficient (Wildman–Crippen LogP) is 21.4. The summed E-state index contributed by atoms with van der Waals surface area (Å²) in [5.74, 6) is -0.0650. The van der Waals surface area contributed by atoms with Crippen molar-refractivity contribution in [3.63, 3.8) is 0 Å². The van der Waals surface area contributed by atoms with Crippen LogP contribution in [-0.2, 0) is 4.79 Å². The average molecular weight is 971 g/mol. The van der Waals surface area contributed by atoms with E-state index in [1.54, 1.807) is 6.08 Å². The summed E-state index contributed by atoms with van der Waals surface area (Å²) in [6.45, 7) is 4.35. The molecule has 0 saturated heterocycles. The minimum absolute atomic E-state index is 0.0650. The standard InChI is InChI=1S/C65H127NO3/c1-3-5-7-9-11-13-15-17-19-21-23-25-27-29-31-32-33-35-36-38-40-42-44-46-48-50-52-54-56-58-60-64(68)63(62-67)66-65(69)61-59-57-55-53-51-49-47-45-43-41-39-37-34-30-28-26-24-22-20-18-16-14-12-10-8-6-4-2/h50,52,58,60,63-64,67-68H,3-49,51,53-57,59,61-62H2,1-2H3,(H,66,69)/b52-50+,60-58+. The van der Waals surface area contributed by atoms with Crippen molar-refractivity contribution < 1.29 is 15.0 Å². The first-order chi connectivity index (χ1) is 34.2. The van der Waals surface area contributed by atoms with Gasteiger partial charge in [-0.05, 0) is 32.1 Å². The SMILES string of the molecule is CCCCCCCCCCCCCCCCCCCCCCCCCC/C=C/CC/C=C/C(O)C(CO)NC(=O)CCCCCCCCCCCCCCCCCCCCCCCCCCCCC. The Morgan fingerprint density at radius 2 is 0.565 bits per heavy atom. The highest BCUT2D eigenvalue weighted by Gasteiger charge is 2.18. The van der Waals surface area contributed by atoms with E-state index in [4.69, 9.17) is 0 Å². The first kappa shape index (κ1) is 67.9. The molecule has 0 aromatic carbocycles. The van der Waals surface area contributed by atoms with Crippen molar-refractivity contribution in [2.75, 3.05) is 6.61 Å². The molecule has 0 aromatic rings. The molecular weight excluding hydrogens is 843 g/mol. The lowest BCUT2D eigenvalue weighted by Crippen LogP contribution is -2.45. The molecule has 0 aliphatic rings. The molecule has 0 bridgehead atoms. The lowest BCUT2D eigenvalue weighted by molar-refractivity contribution is -0.123. The van der Waals surface area contributed by atoms with E-state index in [2.05, 4.69) is 31.3 Å². The van der Waals surface area contributed by atoms with Crippen LogP contribution in [0.25, 0.3) is 0 Å². The summed E-state index contributed by atoms with van der Waals surface area (Å²) in [6.07, 6.45) is 82.5. The molecule has 0 heterocycles. The maximum atomic E-state index is 12.5. The van der Waals surface area contributed by atoms with Gasteiger partial charge in [0.15, 0.2) is 0 Å². The second-order valence-corrected chi connectivity index (χ2v) is 22.2. The molecule has 2 atom stereocenters. The number of hydrogen-bond acceptors (Lipinski definition) is 3. The van der Waals surface area contributed by atoms with E-state index in [9.17, 15) is 15.0 Å². The zero-order valence-electron chi connectivity index (χ0n) is 47.4. The van der Waals surface area contributed by atoms with Crippen LogP contribution >= 0.6 is 0 Å². The van der Waals surface area contributed by atoms with Gasteiger partial charge in [0.2, 0.25) is 5.91 Å². The van der Waals surface area contributed by atoms with Crippen LogP contribution in [0.1, 0.15) is 367 Å². The molecule has 410 valence electrons. The molecule has 69 heavy (non-hydrogen) atoms. The normalized spacial score (nSPS) is 12.8. The van der Waals surface area contributed by atoms with E-state index in [0.29, 0.717) is 6.42 Å². The van der Waals surface area contributed by atoms with Crippen molar-refractivity contribution in [1.29, 1.82) is 0 Å². The monoisotopic (exact) mass is 970 g/mol. The highest BCUT2D eigenvalue weighted by atomic mass is 16.3. The van der Waals surface area contributed by atoms with E-state index < -0.39 is 12.1 Å². The molecule has 4 nitrogen and oxygen atoms in total. The molecule has 2 unspecified atom stereocenters. The van der Waals surface area contributed by atoms with E-state index >= 15 is 0 Å². The molecule has 0 fully saturated rings. The molecule has 0 saturated carbocycles. The summed E-state index contributed by atoms with van der Waals surface area (Å²) in [7, 11) is 0. The van der Waals surface area contributed by atoms with E-state index in [1.165, 1.54) is 315 Å². The third-order valence-corrected chi connectivity index (χ3v) is 15.2. The van der Waals surface area contributed by atoms with E-state index in [0.717, 1.165) is 32.1 Å². The van der Waals surface area contributed by atoms with Gasteiger partial charge in [-0.3, -0.25) is 4.79 Å². The number of aliphatic hydroxyl groups excluding tert-OH is 2. The Kier molecular flexibility index (Phi) is 60.2. The number of nitrogens with one attached hydrogen (secondary N) is 1. The van der Waals surface area contributed by atoms with Gasteiger partial charge in [-0.15, -0.1) is 0 Å². The topological polar surface area (TPSA) is 69.6 Å². The number of unbranched alkanes of at least 4 members (excludes halogenated alkanes) is 51. The van der Waals surface area contributed by atoms with Crippen LogP contribution in [0.2, 0.25) is 0 Å². The van der Waals surface area contributed by atoms with Gasteiger partial charge < -0.3 is 15.5 Å². The molecule has 4 heteroatoms.